The number of methoxy groups -OCH3 is 4. The number of ketones is 2. The molecule has 0 fully saturated rings. The molecule has 1 aromatic carbocycles. The number of carbonyl (C=O) groups is 3. The van der Waals surface area contributed by atoms with E-state index in [0.717, 1.165) is 0 Å². The minimum atomic E-state index is -0.691. The number of rotatable bonds is 6. The van der Waals surface area contributed by atoms with Gasteiger partial charge in [0.15, 0.2) is 23.0 Å². The topological polar surface area (TPSA) is 166 Å². The van der Waals surface area contributed by atoms with E-state index in [9.17, 15) is 14.4 Å². The Bertz CT molecular complexity index is 1560. The standard InChI is InChI=1S/C27H26N4O7/c1-11-13(8-10-16(35-3)25(11)36-4)17-12(2)20(27(34)38-6)31-22(18(17)28)15-9-7-14-21(30-15)24(33)19(29)26(37-5)23(14)32/h7-10H,28-29H2,1-6H3. The molecule has 0 bridgehead atoms. The molecule has 4 rings (SSSR count). The number of hydrogen-bond acceptors (Lipinski definition) is 11. The molecule has 0 radical (unpaired) electrons. The molecule has 38 heavy (non-hydrogen) atoms. The van der Waals surface area contributed by atoms with Crippen LogP contribution >= 0.6 is 0 Å². The normalized spacial score (nSPS) is 12.8. The number of hydrogen-bond donors (Lipinski definition) is 2. The van der Waals surface area contributed by atoms with E-state index >= 15 is 0 Å². The lowest BCUT2D eigenvalue weighted by atomic mass is 9.91. The molecule has 1 aliphatic rings. The van der Waals surface area contributed by atoms with Crippen molar-refractivity contribution >= 4 is 23.2 Å². The van der Waals surface area contributed by atoms with Gasteiger partial charge in [0.2, 0.25) is 11.6 Å². The highest BCUT2D eigenvalue weighted by Gasteiger charge is 2.34. The van der Waals surface area contributed by atoms with E-state index in [1.54, 1.807) is 19.1 Å². The van der Waals surface area contributed by atoms with Crippen molar-refractivity contribution in [2.24, 2.45) is 5.73 Å². The maximum atomic E-state index is 12.9. The molecule has 11 nitrogen and oxygen atoms in total. The fourth-order valence-electron chi connectivity index (χ4n) is 4.51. The summed E-state index contributed by atoms with van der Waals surface area (Å²) in [5, 5.41) is 0. The molecule has 196 valence electrons. The molecule has 4 N–H and O–H groups in total. The van der Waals surface area contributed by atoms with Crippen LogP contribution in [0.4, 0.5) is 5.69 Å². The van der Waals surface area contributed by atoms with E-state index in [-0.39, 0.29) is 45.5 Å². The number of Topliss-reactive ketones (excluding diaryl/α,β-unsaturated/α-hetero) is 2. The van der Waals surface area contributed by atoms with E-state index in [2.05, 4.69) is 9.97 Å². The average molecular weight is 519 g/mol. The van der Waals surface area contributed by atoms with Gasteiger partial charge in [0, 0.05) is 11.1 Å². The lowest BCUT2D eigenvalue weighted by Gasteiger charge is -2.21. The zero-order chi connectivity index (χ0) is 27.9. The number of fused-ring (bicyclic) bond motifs is 1. The van der Waals surface area contributed by atoms with Gasteiger partial charge in [0.05, 0.1) is 45.4 Å². The second-order valence-electron chi connectivity index (χ2n) is 8.39. The summed E-state index contributed by atoms with van der Waals surface area (Å²) >= 11 is 0. The highest BCUT2D eigenvalue weighted by atomic mass is 16.5. The molecule has 2 heterocycles. The zero-order valence-corrected chi connectivity index (χ0v) is 21.7. The van der Waals surface area contributed by atoms with Crippen molar-refractivity contribution in [3.05, 3.63) is 63.8 Å². The first-order valence-corrected chi connectivity index (χ1v) is 11.4. The van der Waals surface area contributed by atoms with Crippen LogP contribution in [0.15, 0.2) is 35.7 Å². The number of aromatic nitrogens is 2. The van der Waals surface area contributed by atoms with Crippen LogP contribution in [0.25, 0.3) is 22.5 Å². The zero-order valence-electron chi connectivity index (χ0n) is 21.7. The van der Waals surface area contributed by atoms with Crippen LogP contribution in [0.2, 0.25) is 0 Å². The predicted octanol–water partition coefficient (Wildman–Crippen LogP) is 3.01. The molecular formula is C27H26N4O7. The number of ether oxygens (including phenoxy) is 4. The van der Waals surface area contributed by atoms with Crippen molar-refractivity contribution in [1.29, 1.82) is 0 Å². The fraction of sp³-hybridized carbons (Fsp3) is 0.222. The maximum Gasteiger partial charge on any atom is 0.356 e. The third-order valence-electron chi connectivity index (χ3n) is 6.42. The van der Waals surface area contributed by atoms with Gasteiger partial charge >= 0.3 is 5.97 Å². The number of pyridine rings is 2. The van der Waals surface area contributed by atoms with Gasteiger partial charge in [-0.1, -0.05) is 6.07 Å². The van der Waals surface area contributed by atoms with Gasteiger partial charge in [0.25, 0.3) is 0 Å². The van der Waals surface area contributed by atoms with E-state index in [4.69, 9.17) is 30.4 Å². The van der Waals surface area contributed by atoms with Crippen LogP contribution in [-0.2, 0) is 9.47 Å². The summed E-state index contributed by atoms with van der Waals surface area (Å²) in [5.74, 6) is -1.16. The predicted molar refractivity (Wildman–Crippen MR) is 138 cm³/mol. The number of benzene rings is 1. The number of nitrogens with zero attached hydrogens (tertiary/aromatic N) is 2. The van der Waals surface area contributed by atoms with Crippen LogP contribution in [0.3, 0.4) is 0 Å². The van der Waals surface area contributed by atoms with Crippen LogP contribution < -0.4 is 20.9 Å². The van der Waals surface area contributed by atoms with Crippen LogP contribution in [-0.4, -0.2) is 55.9 Å². The summed E-state index contributed by atoms with van der Waals surface area (Å²) in [6.45, 7) is 3.53. The van der Waals surface area contributed by atoms with Crippen molar-refractivity contribution in [3.63, 3.8) is 0 Å². The van der Waals surface area contributed by atoms with E-state index in [0.29, 0.717) is 33.8 Å². The Labute approximate surface area is 218 Å². The Morgan fingerprint density at radius 3 is 2.08 bits per heavy atom. The lowest BCUT2D eigenvalue weighted by molar-refractivity contribution is 0.0593. The molecule has 2 aromatic heterocycles. The minimum absolute atomic E-state index is 0.00360. The van der Waals surface area contributed by atoms with Crippen molar-refractivity contribution in [1.82, 2.24) is 9.97 Å². The average Bonchev–Trinajstić information content (AvgIpc) is 2.92. The van der Waals surface area contributed by atoms with Crippen molar-refractivity contribution in [2.45, 2.75) is 13.8 Å². The summed E-state index contributed by atoms with van der Waals surface area (Å²) in [5.41, 5.74) is 14.8. The first kappa shape index (κ1) is 26.1. The lowest BCUT2D eigenvalue weighted by Crippen LogP contribution is -2.28. The summed E-state index contributed by atoms with van der Waals surface area (Å²) < 4.78 is 20.9. The number of allylic oxidation sites excluding steroid dienone is 2. The molecule has 0 spiro atoms. The van der Waals surface area contributed by atoms with Gasteiger partial charge in [-0.3, -0.25) is 9.59 Å². The van der Waals surface area contributed by atoms with Crippen molar-refractivity contribution in [2.75, 3.05) is 34.2 Å². The highest BCUT2D eigenvalue weighted by Crippen LogP contribution is 2.43. The van der Waals surface area contributed by atoms with Gasteiger partial charge < -0.3 is 30.4 Å². The Morgan fingerprint density at radius 1 is 0.789 bits per heavy atom. The second-order valence-corrected chi connectivity index (χ2v) is 8.39. The Hall–Kier alpha value is -4.93. The Morgan fingerprint density at radius 2 is 1.47 bits per heavy atom. The smallest absolute Gasteiger partial charge is 0.356 e. The quantitative estimate of drug-likeness (QED) is 0.461. The summed E-state index contributed by atoms with van der Waals surface area (Å²) in [6, 6.07) is 6.42. The minimum Gasteiger partial charge on any atom is -0.493 e. The van der Waals surface area contributed by atoms with Crippen LogP contribution in [0.5, 0.6) is 11.5 Å². The Kier molecular flexibility index (Phi) is 6.77. The fourth-order valence-corrected chi connectivity index (χ4v) is 4.51. The summed E-state index contributed by atoms with van der Waals surface area (Å²) in [6.07, 6.45) is 0. The van der Waals surface area contributed by atoms with Gasteiger partial charge in [-0.25, -0.2) is 14.8 Å². The van der Waals surface area contributed by atoms with Gasteiger partial charge in [-0.05, 0) is 43.2 Å². The molecule has 0 atom stereocenters. The number of nitrogens with two attached hydrogens (primary N) is 2. The molecule has 0 unspecified atom stereocenters. The van der Waals surface area contributed by atoms with E-state index in [1.807, 2.05) is 6.92 Å². The maximum absolute atomic E-state index is 12.9. The second kappa shape index (κ2) is 9.85. The SMILES string of the molecule is COC(=O)c1nc(-c2ccc3c(n2)C(=O)C(N)=C(OC)C3=O)c(N)c(-c2ccc(OC)c(OC)c2C)c1C. The first-order valence-electron chi connectivity index (χ1n) is 11.4. The summed E-state index contributed by atoms with van der Waals surface area (Å²) in [7, 11) is 5.54. The van der Waals surface area contributed by atoms with E-state index in [1.165, 1.54) is 40.6 Å². The molecule has 0 aliphatic heterocycles. The van der Waals surface area contributed by atoms with Crippen molar-refractivity contribution in [3.8, 4) is 34.0 Å². The highest BCUT2D eigenvalue weighted by molar-refractivity contribution is 6.25. The van der Waals surface area contributed by atoms with Crippen molar-refractivity contribution < 1.29 is 33.3 Å². The number of carbonyl (C=O) groups excluding carboxylic acids is 3. The molecule has 1 aliphatic carbocycles. The molecule has 0 amide bonds. The largest absolute Gasteiger partial charge is 0.493 e. The molecule has 3 aromatic rings. The van der Waals surface area contributed by atoms with Gasteiger partial charge in [-0.15, -0.1) is 0 Å². The van der Waals surface area contributed by atoms with Gasteiger partial charge in [-0.2, -0.15) is 0 Å². The van der Waals surface area contributed by atoms with Crippen LogP contribution in [0.1, 0.15) is 42.5 Å². The number of anilines is 1. The summed E-state index contributed by atoms with van der Waals surface area (Å²) in [4.78, 5) is 47.3. The third kappa shape index (κ3) is 3.88. The number of nitrogen functional groups attached to an aromatic ring is 1. The van der Waals surface area contributed by atoms with E-state index < -0.39 is 17.5 Å². The first-order chi connectivity index (χ1) is 18.1. The molecule has 11 heteroatoms. The van der Waals surface area contributed by atoms with Gasteiger partial charge in [0.1, 0.15) is 17.1 Å². The van der Waals surface area contributed by atoms with Crippen LogP contribution in [0, 0.1) is 13.8 Å². The monoisotopic (exact) mass is 518 g/mol. The number of esters is 1. The molecular weight excluding hydrogens is 492 g/mol. The third-order valence-corrected chi connectivity index (χ3v) is 6.42. The molecule has 0 saturated heterocycles. The Balaban J connectivity index is 2.02. The molecule has 0 saturated carbocycles.